The van der Waals surface area contributed by atoms with Gasteiger partial charge in [0.2, 0.25) is 0 Å². The highest BCUT2D eigenvalue weighted by Crippen LogP contribution is 2.18. The minimum atomic E-state index is 0. The maximum Gasteiger partial charge on any atom is 0.193 e. The molecule has 0 unspecified atom stereocenters. The maximum atomic E-state index is 5.77. The lowest BCUT2D eigenvalue weighted by Crippen LogP contribution is -2.47. The van der Waals surface area contributed by atoms with Crippen LogP contribution in [-0.4, -0.2) is 67.7 Å². The van der Waals surface area contributed by atoms with Crippen LogP contribution in [0.1, 0.15) is 37.8 Å². The fourth-order valence-electron chi connectivity index (χ4n) is 3.94. The number of guanidine groups is 1. The second-order valence-corrected chi connectivity index (χ2v) is 7.17. The molecule has 0 aromatic heterocycles. The second kappa shape index (κ2) is 11.9. The minimum Gasteiger partial charge on any atom is -0.378 e. The highest BCUT2D eigenvalue weighted by molar-refractivity contribution is 14.0. The lowest BCUT2D eigenvalue weighted by Gasteiger charge is -2.34. The van der Waals surface area contributed by atoms with Gasteiger partial charge in [0.15, 0.2) is 5.96 Å². The van der Waals surface area contributed by atoms with Crippen LogP contribution in [0.2, 0.25) is 0 Å². The first-order chi connectivity index (χ1) is 12.8. The minimum absolute atomic E-state index is 0. The van der Waals surface area contributed by atoms with Crippen molar-refractivity contribution in [2.45, 2.75) is 45.8 Å². The summed E-state index contributed by atoms with van der Waals surface area (Å²) in [6.07, 6.45) is 3.78. The Hall–Kier alpha value is -0.860. The number of piperidine rings is 1. The molecule has 1 N–H and O–H groups in total. The molecule has 6 heteroatoms. The number of ether oxygens (including phenoxy) is 1. The molecule has 0 bridgehead atoms. The van der Waals surface area contributed by atoms with E-state index in [1.165, 1.54) is 11.1 Å². The van der Waals surface area contributed by atoms with Crippen molar-refractivity contribution >= 4 is 29.9 Å². The summed E-state index contributed by atoms with van der Waals surface area (Å²) in [5.74, 6) is 1.07. The maximum absolute atomic E-state index is 5.77. The van der Waals surface area contributed by atoms with Crippen molar-refractivity contribution in [3.63, 3.8) is 0 Å². The van der Waals surface area contributed by atoms with Gasteiger partial charge in [-0.3, -0.25) is 9.89 Å². The van der Waals surface area contributed by atoms with E-state index in [4.69, 9.17) is 9.73 Å². The molecule has 0 aliphatic carbocycles. The van der Waals surface area contributed by atoms with E-state index in [1.54, 1.807) is 0 Å². The van der Waals surface area contributed by atoms with Gasteiger partial charge in [-0.25, -0.2) is 0 Å². The Bertz CT molecular complexity index is 587. The van der Waals surface area contributed by atoms with Gasteiger partial charge >= 0.3 is 0 Å². The van der Waals surface area contributed by atoms with Crippen molar-refractivity contribution in [1.29, 1.82) is 0 Å². The van der Waals surface area contributed by atoms with Gasteiger partial charge in [0.05, 0.1) is 12.6 Å². The average molecular weight is 486 g/mol. The molecule has 1 fully saturated rings. The summed E-state index contributed by atoms with van der Waals surface area (Å²) < 4.78 is 5.77. The Morgan fingerprint density at radius 2 is 1.89 bits per heavy atom. The number of likely N-dealkylation sites (tertiary alicyclic amines) is 1. The Morgan fingerprint density at radius 1 is 1.15 bits per heavy atom. The predicted octanol–water partition coefficient (Wildman–Crippen LogP) is 3.13. The zero-order valence-corrected chi connectivity index (χ0v) is 19.2. The Morgan fingerprint density at radius 3 is 2.59 bits per heavy atom. The van der Waals surface area contributed by atoms with Crippen LogP contribution in [-0.2, 0) is 17.7 Å². The van der Waals surface area contributed by atoms with Gasteiger partial charge in [-0.1, -0.05) is 24.3 Å². The molecule has 152 valence electrons. The topological polar surface area (TPSA) is 40.1 Å². The zero-order valence-electron chi connectivity index (χ0n) is 16.8. The van der Waals surface area contributed by atoms with Crippen molar-refractivity contribution < 1.29 is 4.74 Å². The number of hydrogen-bond donors (Lipinski definition) is 1. The standard InChI is InChI=1S/C21H34N4O.HI/c1-3-22-21(25-14-10-20(11-15-25)26-4-2)23-12-16-24-13-9-18-7-5-6-8-19(18)17-24;/h5-8,20H,3-4,9-17H2,1-2H3,(H,22,23);1H. The van der Waals surface area contributed by atoms with Crippen molar-refractivity contribution in [1.82, 2.24) is 15.1 Å². The van der Waals surface area contributed by atoms with Crippen LogP contribution in [0.3, 0.4) is 0 Å². The smallest absolute Gasteiger partial charge is 0.193 e. The molecule has 5 nitrogen and oxygen atoms in total. The zero-order chi connectivity index (χ0) is 18.2. The van der Waals surface area contributed by atoms with E-state index in [-0.39, 0.29) is 24.0 Å². The average Bonchev–Trinajstić information content (AvgIpc) is 2.68. The normalized spacial score (nSPS) is 18.7. The third-order valence-electron chi connectivity index (χ3n) is 5.37. The quantitative estimate of drug-likeness (QED) is 0.381. The van der Waals surface area contributed by atoms with E-state index in [1.807, 2.05) is 0 Å². The molecule has 27 heavy (non-hydrogen) atoms. The van der Waals surface area contributed by atoms with Crippen molar-refractivity contribution in [2.24, 2.45) is 4.99 Å². The summed E-state index contributed by atoms with van der Waals surface area (Å²) in [4.78, 5) is 9.83. The molecule has 0 amide bonds. The van der Waals surface area contributed by atoms with E-state index < -0.39 is 0 Å². The first kappa shape index (κ1) is 22.4. The molecular weight excluding hydrogens is 451 g/mol. The van der Waals surface area contributed by atoms with E-state index >= 15 is 0 Å². The first-order valence-corrected chi connectivity index (χ1v) is 10.2. The number of rotatable bonds is 6. The van der Waals surface area contributed by atoms with E-state index in [0.717, 1.165) is 77.6 Å². The summed E-state index contributed by atoms with van der Waals surface area (Å²) in [6, 6.07) is 8.82. The molecule has 1 aromatic carbocycles. The second-order valence-electron chi connectivity index (χ2n) is 7.17. The van der Waals surface area contributed by atoms with Gasteiger partial charge in [-0.05, 0) is 44.2 Å². The van der Waals surface area contributed by atoms with Crippen LogP contribution in [0.15, 0.2) is 29.3 Å². The number of fused-ring (bicyclic) bond motifs is 1. The van der Waals surface area contributed by atoms with Crippen LogP contribution in [0.5, 0.6) is 0 Å². The number of hydrogen-bond acceptors (Lipinski definition) is 3. The molecule has 0 radical (unpaired) electrons. The molecule has 3 rings (SSSR count). The Balaban J connectivity index is 0.00000261. The fraction of sp³-hybridized carbons (Fsp3) is 0.667. The number of nitrogens with zero attached hydrogens (tertiary/aromatic N) is 3. The molecule has 2 heterocycles. The number of nitrogens with one attached hydrogen (secondary N) is 1. The fourth-order valence-corrected chi connectivity index (χ4v) is 3.94. The summed E-state index contributed by atoms with van der Waals surface area (Å²) in [6.45, 7) is 12.1. The summed E-state index contributed by atoms with van der Waals surface area (Å²) in [7, 11) is 0. The van der Waals surface area contributed by atoms with Gasteiger partial charge < -0.3 is 15.0 Å². The lowest BCUT2D eigenvalue weighted by molar-refractivity contribution is 0.0263. The van der Waals surface area contributed by atoms with Crippen molar-refractivity contribution in [2.75, 3.05) is 45.9 Å². The van der Waals surface area contributed by atoms with E-state index in [0.29, 0.717) is 6.10 Å². The van der Waals surface area contributed by atoms with Gasteiger partial charge in [-0.2, -0.15) is 0 Å². The van der Waals surface area contributed by atoms with Gasteiger partial charge in [-0.15, -0.1) is 24.0 Å². The van der Waals surface area contributed by atoms with Gasteiger partial charge in [0, 0.05) is 45.9 Å². The van der Waals surface area contributed by atoms with Crippen molar-refractivity contribution in [3.8, 4) is 0 Å². The third kappa shape index (κ3) is 6.61. The van der Waals surface area contributed by atoms with Crippen LogP contribution < -0.4 is 5.32 Å². The number of halogens is 1. The Kier molecular flexibility index (Phi) is 9.86. The summed E-state index contributed by atoms with van der Waals surface area (Å²) in [5.41, 5.74) is 2.99. The van der Waals surface area contributed by atoms with Gasteiger partial charge in [0.1, 0.15) is 0 Å². The van der Waals surface area contributed by atoms with Crippen LogP contribution >= 0.6 is 24.0 Å². The van der Waals surface area contributed by atoms with E-state index in [9.17, 15) is 0 Å². The van der Waals surface area contributed by atoms with Crippen molar-refractivity contribution in [3.05, 3.63) is 35.4 Å². The Labute approximate surface area is 181 Å². The molecular formula is C21H35IN4O. The summed E-state index contributed by atoms with van der Waals surface area (Å²) in [5, 5.41) is 3.47. The largest absolute Gasteiger partial charge is 0.378 e. The molecule has 0 saturated carbocycles. The highest BCUT2D eigenvalue weighted by atomic mass is 127. The van der Waals surface area contributed by atoms with Crippen LogP contribution in [0.25, 0.3) is 0 Å². The molecule has 1 saturated heterocycles. The molecule has 0 atom stereocenters. The predicted molar refractivity (Wildman–Crippen MR) is 123 cm³/mol. The van der Waals surface area contributed by atoms with E-state index in [2.05, 4.69) is 53.2 Å². The molecule has 2 aliphatic heterocycles. The molecule has 2 aliphatic rings. The van der Waals surface area contributed by atoms with Gasteiger partial charge in [0.25, 0.3) is 0 Å². The molecule has 0 spiro atoms. The lowest BCUT2D eigenvalue weighted by atomic mass is 10.00. The summed E-state index contributed by atoms with van der Waals surface area (Å²) >= 11 is 0. The highest BCUT2D eigenvalue weighted by Gasteiger charge is 2.21. The number of aliphatic imine (C=N–C) groups is 1. The molecule has 1 aromatic rings. The monoisotopic (exact) mass is 486 g/mol. The number of benzene rings is 1. The SMILES string of the molecule is CCNC(=NCCN1CCc2ccccc2C1)N1CCC(OCC)CC1.I. The first-order valence-electron chi connectivity index (χ1n) is 10.2. The third-order valence-corrected chi connectivity index (χ3v) is 5.37. The van der Waals surface area contributed by atoms with Crippen LogP contribution in [0, 0.1) is 0 Å². The van der Waals surface area contributed by atoms with Crippen LogP contribution in [0.4, 0.5) is 0 Å².